The Balaban J connectivity index is 3.64. The van der Waals surface area contributed by atoms with Crippen LogP contribution in [0.4, 0.5) is 0 Å². The number of hydrogen-bond donors (Lipinski definition) is 1. The van der Waals surface area contributed by atoms with Crippen molar-refractivity contribution in [3.63, 3.8) is 0 Å². The van der Waals surface area contributed by atoms with E-state index in [-0.39, 0.29) is 10.7 Å². The van der Waals surface area contributed by atoms with Gasteiger partial charge < -0.3 is 0 Å². The molecular formula is C6H15NS. The standard InChI is InChI=1S/C6H15NS/c1-5(2)6(3)8(4)7/h5-7H,1-4H3/t6?,8-/m0/s1. The lowest BCUT2D eigenvalue weighted by Gasteiger charge is -2.13. The highest BCUT2D eigenvalue weighted by molar-refractivity contribution is 7.85. The average molecular weight is 133 g/mol. The van der Waals surface area contributed by atoms with Crippen LogP contribution < -0.4 is 0 Å². The highest BCUT2D eigenvalue weighted by Crippen LogP contribution is 2.06. The van der Waals surface area contributed by atoms with Gasteiger partial charge in [-0.15, -0.1) is 10.7 Å². The Labute approximate surface area is 54.4 Å². The molecule has 0 aromatic rings. The summed E-state index contributed by atoms with van der Waals surface area (Å²) in [4.78, 5) is 0. The van der Waals surface area contributed by atoms with Gasteiger partial charge in [0.25, 0.3) is 0 Å². The molecule has 50 valence electrons. The molecular weight excluding hydrogens is 118 g/mol. The number of hydrogen-bond acceptors (Lipinski definition) is 1. The summed E-state index contributed by atoms with van der Waals surface area (Å²) >= 11 is 0. The Morgan fingerprint density at radius 1 is 1.25 bits per heavy atom. The Morgan fingerprint density at radius 3 is 1.62 bits per heavy atom. The van der Waals surface area contributed by atoms with Crippen molar-refractivity contribution in [1.29, 1.82) is 4.78 Å². The van der Waals surface area contributed by atoms with Crippen LogP contribution in [0.3, 0.4) is 0 Å². The van der Waals surface area contributed by atoms with E-state index in [2.05, 4.69) is 20.8 Å². The largest absolute Gasteiger partial charge is 0.280 e. The van der Waals surface area contributed by atoms with Gasteiger partial charge in [-0.25, -0.2) is 0 Å². The monoisotopic (exact) mass is 133 g/mol. The molecule has 2 atom stereocenters. The Morgan fingerprint density at radius 2 is 1.62 bits per heavy atom. The van der Waals surface area contributed by atoms with Crippen molar-refractivity contribution < 1.29 is 0 Å². The molecule has 0 aliphatic carbocycles. The molecule has 2 heteroatoms. The van der Waals surface area contributed by atoms with Crippen LogP contribution in [0.2, 0.25) is 0 Å². The van der Waals surface area contributed by atoms with E-state index in [9.17, 15) is 0 Å². The molecule has 1 nitrogen and oxygen atoms in total. The van der Waals surface area contributed by atoms with Crippen LogP contribution >= 0.6 is 0 Å². The van der Waals surface area contributed by atoms with Crippen molar-refractivity contribution in [2.75, 3.05) is 6.26 Å². The first-order valence-corrected chi connectivity index (χ1v) is 4.61. The summed E-state index contributed by atoms with van der Waals surface area (Å²) in [5, 5.41) is 0.565. The zero-order valence-corrected chi connectivity index (χ0v) is 6.88. The number of nitrogens with one attached hydrogen (secondary N) is 1. The second-order valence-corrected chi connectivity index (χ2v) is 4.37. The second kappa shape index (κ2) is 3.23. The van der Waals surface area contributed by atoms with E-state index in [0.717, 1.165) is 0 Å². The van der Waals surface area contributed by atoms with Gasteiger partial charge in [0.2, 0.25) is 0 Å². The minimum Gasteiger partial charge on any atom is -0.280 e. The Bertz CT molecular complexity index is 88.5. The average Bonchev–Trinajstić information content (AvgIpc) is 1.64. The molecule has 0 spiro atoms. The van der Waals surface area contributed by atoms with Gasteiger partial charge in [-0.1, -0.05) is 20.8 Å². The minimum absolute atomic E-state index is 0.140. The smallest absolute Gasteiger partial charge is 0.0144 e. The van der Waals surface area contributed by atoms with Gasteiger partial charge in [0.05, 0.1) is 0 Å². The highest BCUT2D eigenvalue weighted by atomic mass is 32.2. The van der Waals surface area contributed by atoms with Crippen LogP contribution in [0.5, 0.6) is 0 Å². The maximum atomic E-state index is 7.34. The molecule has 0 aliphatic heterocycles. The maximum absolute atomic E-state index is 7.34. The van der Waals surface area contributed by atoms with Gasteiger partial charge in [-0.3, -0.25) is 4.78 Å². The lowest BCUT2D eigenvalue weighted by molar-refractivity contribution is 0.639. The molecule has 0 saturated carbocycles. The predicted octanol–water partition coefficient (Wildman–Crippen LogP) is 2.04. The lowest BCUT2D eigenvalue weighted by Crippen LogP contribution is -2.14. The van der Waals surface area contributed by atoms with E-state index in [1.54, 1.807) is 0 Å². The molecule has 0 aromatic carbocycles. The fourth-order valence-electron chi connectivity index (χ4n) is 0.408. The SMILES string of the molecule is CC(C)C(C)[S@](C)=N. The molecule has 0 radical (unpaired) electrons. The summed E-state index contributed by atoms with van der Waals surface area (Å²) in [6.07, 6.45) is 1.98. The van der Waals surface area contributed by atoms with E-state index in [1.807, 2.05) is 6.26 Å². The Hall–Kier alpha value is 0.150. The molecule has 0 bridgehead atoms. The van der Waals surface area contributed by atoms with Crippen LogP contribution in [0.15, 0.2) is 0 Å². The molecule has 1 N–H and O–H groups in total. The van der Waals surface area contributed by atoms with E-state index in [1.165, 1.54) is 0 Å². The van der Waals surface area contributed by atoms with Crippen LogP contribution in [0.1, 0.15) is 20.8 Å². The Kier molecular flexibility index (Phi) is 3.29. The molecule has 0 aromatic heterocycles. The van der Waals surface area contributed by atoms with Gasteiger partial charge in [0.15, 0.2) is 0 Å². The summed E-state index contributed by atoms with van der Waals surface area (Å²) < 4.78 is 7.34. The zero-order chi connectivity index (χ0) is 6.73. The van der Waals surface area contributed by atoms with Crippen molar-refractivity contribution in [2.24, 2.45) is 5.92 Å². The van der Waals surface area contributed by atoms with Gasteiger partial charge in [-0.05, 0) is 12.2 Å². The van der Waals surface area contributed by atoms with Crippen LogP contribution in [-0.2, 0) is 10.7 Å². The fourth-order valence-corrected chi connectivity index (χ4v) is 1.22. The van der Waals surface area contributed by atoms with E-state index in [0.29, 0.717) is 11.2 Å². The summed E-state index contributed by atoms with van der Waals surface area (Å²) in [7, 11) is -0.140. The van der Waals surface area contributed by atoms with Crippen molar-refractivity contribution in [1.82, 2.24) is 0 Å². The van der Waals surface area contributed by atoms with Gasteiger partial charge in [0.1, 0.15) is 0 Å². The van der Waals surface area contributed by atoms with Crippen molar-refractivity contribution in [3.05, 3.63) is 0 Å². The quantitative estimate of drug-likeness (QED) is 0.596. The van der Waals surface area contributed by atoms with Crippen molar-refractivity contribution in [2.45, 2.75) is 26.0 Å². The molecule has 0 fully saturated rings. The van der Waals surface area contributed by atoms with Crippen LogP contribution in [-0.4, -0.2) is 11.5 Å². The minimum atomic E-state index is -0.140. The molecule has 0 amide bonds. The summed E-state index contributed by atoms with van der Waals surface area (Å²) in [6.45, 7) is 6.48. The van der Waals surface area contributed by atoms with E-state index >= 15 is 0 Å². The first kappa shape index (κ1) is 8.15. The van der Waals surface area contributed by atoms with E-state index < -0.39 is 0 Å². The third-order valence-corrected chi connectivity index (χ3v) is 3.16. The molecule has 0 saturated heterocycles. The topological polar surface area (TPSA) is 23.9 Å². The highest BCUT2D eigenvalue weighted by Gasteiger charge is 2.06. The lowest BCUT2D eigenvalue weighted by atomic mass is 10.2. The molecule has 1 unspecified atom stereocenters. The molecule has 0 aliphatic rings. The second-order valence-electron chi connectivity index (χ2n) is 2.51. The summed E-state index contributed by atoms with van der Waals surface area (Å²) in [5.41, 5.74) is 0. The molecule has 8 heavy (non-hydrogen) atoms. The summed E-state index contributed by atoms with van der Waals surface area (Å²) in [6, 6.07) is 0. The normalized spacial score (nSPS) is 18.6. The van der Waals surface area contributed by atoms with Gasteiger partial charge in [0, 0.05) is 5.25 Å². The third-order valence-electron chi connectivity index (χ3n) is 1.50. The van der Waals surface area contributed by atoms with E-state index in [4.69, 9.17) is 4.78 Å². The predicted molar refractivity (Wildman–Crippen MR) is 40.3 cm³/mol. The zero-order valence-electron chi connectivity index (χ0n) is 6.06. The maximum Gasteiger partial charge on any atom is 0.0144 e. The molecule has 0 rings (SSSR count). The van der Waals surface area contributed by atoms with Gasteiger partial charge in [-0.2, -0.15) is 0 Å². The third kappa shape index (κ3) is 2.46. The number of rotatable bonds is 2. The summed E-state index contributed by atoms with van der Waals surface area (Å²) in [5.74, 6) is 0.667. The van der Waals surface area contributed by atoms with Crippen molar-refractivity contribution >= 4 is 10.7 Å². The first-order chi connectivity index (χ1) is 3.55. The van der Waals surface area contributed by atoms with Gasteiger partial charge >= 0.3 is 0 Å². The van der Waals surface area contributed by atoms with Crippen LogP contribution in [0, 0.1) is 10.7 Å². The molecule has 0 heterocycles. The van der Waals surface area contributed by atoms with Crippen LogP contribution in [0.25, 0.3) is 0 Å². The first-order valence-electron chi connectivity index (χ1n) is 2.91. The van der Waals surface area contributed by atoms with Crippen molar-refractivity contribution in [3.8, 4) is 0 Å². The fraction of sp³-hybridized carbons (Fsp3) is 1.00.